The molecule has 0 saturated carbocycles. The number of thioether (sulfide) groups is 1. The summed E-state index contributed by atoms with van der Waals surface area (Å²) < 4.78 is 0. The SMILES string of the molecule is CSCCC(C)N(C)C(=O)N1C[C@H](O)C[C@@H]1C(=O)O. The highest BCUT2D eigenvalue weighted by atomic mass is 32.2. The van der Waals surface area contributed by atoms with E-state index in [1.54, 1.807) is 23.7 Å². The Morgan fingerprint density at radius 3 is 2.68 bits per heavy atom. The summed E-state index contributed by atoms with van der Waals surface area (Å²) in [4.78, 5) is 26.2. The number of aliphatic hydroxyl groups is 1. The number of likely N-dealkylation sites (tertiary alicyclic amines) is 1. The Labute approximate surface area is 117 Å². The van der Waals surface area contributed by atoms with Crippen LogP contribution >= 0.6 is 11.8 Å². The molecule has 7 heteroatoms. The number of carbonyl (C=O) groups is 2. The van der Waals surface area contributed by atoms with Crippen molar-refractivity contribution in [1.82, 2.24) is 9.80 Å². The number of aliphatic carboxylic acids is 1. The van der Waals surface area contributed by atoms with Gasteiger partial charge < -0.3 is 20.0 Å². The highest BCUT2D eigenvalue weighted by Gasteiger charge is 2.40. The van der Waals surface area contributed by atoms with Gasteiger partial charge in [0.2, 0.25) is 0 Å². The number of β-amino-alcohol motifs (C(OH)–C–C–N with tert-alkyl or cyclic N) is 1. The minimum Gasteiger partial charge on any atom is -0.480 e. The fraction of sp³-hybridized carbons (Fsp3) is 0.833. The monoisotopic (exact) mass is 290 g/mol. The minimum atomic E-state index is -1.06. The van der Waals surface area contributed by atoms with Gasteiger partial charge in [0.05, 0.1) is 6.10 Å². The lowest BCUT2D eigenvalue weighted by Gasteiger charge is -2.31. The molecule has 1 aliphatic rings. The quantitative estimate of drug-likeness (QED) is 0.779. The zero-order valence-electron chi connectivity index (χ0n) is 11.6. The zero-order chi connectivity index (χ0) is 14.6. The maximum atomic E-state index is 12.3. The first kappa shape index (κ1) is 16.1. The summed E-state index contributed by atoms with van der Waals surface area (Å²) in [6.07, 6.45) is 2.22. The van der Waals surface area contributed by atoms with Crippen LogP contribution in [0.1, 0.15) is 19.8 Å². The van der Waals surface area contributed by atoms with Crippen LogP contribution in [0.25, 0.3) is 0 Å². The Morgan fingerprint density at radius 2 is 2.16 bits per heavy atom. The molecule has 0 radical (unpaired) electrons. The molecule has 6 nitrogen and oxygen atoms in total. The van der Waals surface area contributed by atoms with Crippen molar-refractivity contribution in [2.75, 3.05) is 25.6 Å². The molecule has 0 aromatic heterocycles. The lowest BCUT2D eigenvalue weighted by molar-refractivity contribution is -0.141. The second-order valence-corrected chi connectivity index (χ2v) is 5.91. The van der Waals surface area contributed by atoms with Gasteiger partial charge in [0, 0.05) is 26.1 Å². The van der Waals surface area contributed by atoms with Crippen molar-refractivity contribution < 1.29 is 19.8 Å². The molecular formula is C12H22N2O4S. The average molecular weight is 290 g/mol. The molecule has 0 bridgehead atoms. The number of hydrogen-bond donors (Lipinski definition) is 2. The fourth-order valence-electron chi connectivity index (χ4n) is 2.13. The first-order valence-electron chi connectivity index (χ1n) is 6.31. The molecule has 110 valence electrons. The maximum absolute atomic E-state index is 12.3. The zero-order valence-corrected chi connectivity index (χ0v) is 12.4. The van der Waals surface area contributed by atoms with E-state index in [-0.39, 0.29) is 25.0 Å². The van der Waals surface area contributed by atoms with Crippen molar-refractivity contribution in [1.29, 1.82) is 0 Å². The third-order valence-electron chi connectivity index (χ3n) is 3.51. The normalized spacial score (nSPS) is 24.3. The van der Waals surface area contributed by atoms with Crippen molar-refractivity contribution in [3.8, 4) is 0 Å². The molecular weight excluding hydrogens is 268 g/mol. The number of carboxylic acid groups (broad SMARTS) is 1. The van der Waals surface area contributed by atoms with Crippen LogP contribution in [0.15, 0.2) is 0 Å². The number of aliphatic hydroxyl groups excluding tert-OH is 1. The number of rotatable bonds is 5. The van der Waals surface area contributed by atoms with E-state index >= 15 is 0 Å². The highest BCUT2D eigenvalue weighted by Crippen LogP contribution is 2.21. The Morgan fingerprint density at radius 1 is 1.53 bits per heavy atom. The van der Waals surface area contributed by atoms with E-state index in [1.807, 2.05) is 13.2 Å². The van der Waals surface area contributed by atoms with Crippen LogP contribution in [0.2, 0.25) is 0 Å². The molecule has 1 unspecified atom stereocenters. The van der Waals surface area contributed by atoms with Crippen molar-refractivity contribution in [2.45, 2.75) is 38.0 Å². The summed E-state index contributed by atoms with van der Waals surface area (Å²) in [5, 5.41) is 18.6. The molecule has 2 N–H and O–H groups in total. The van der Waals surface area contributed by atoms with Crippen molar-refractivity contribution in [2.24, 2.45) is 0 Å². The molecule has 1 rings (SSSR count). The molecule has 0 spiro atoms. The number of carboxylic acids is 1. The van der Waals surface area contributed by atoms with Crippen LogP contribution in [-0.4, -0.2) is 75.8 Å². The molecule has 2 amide bonds. The van der Waals surface area contributed by atoms with E-state index in [4.69, 9.17) is 5.11 Å². The van der Waals surface area contributed by atoms with Crippen LogP contribution in [0.5, 0.6) is 0 Å². The molecule has 1 aliphatic heterocycles. The van der Waals surface area contributed by atoms with Gasteiger partial charge in [-0.2, -0.15) is 11.8 Å². The lowest BCUT2D eigenvalue weighted by Crippen LogP contribution is -2.49. The first-order valence-corrected chi connectivity index (χ1v) is 7.71. The molecule has 0 aromatic rings. The van der Waals surface area contributed by atoms with Crippen molar-refractivity contribution >= 4 is 23.8 Å². The van der Waals surface area contributed by atoms with E-state index in [2.05, 4.69) is 0 Å². The molecule has 0 aromatic carbocycles. The summed E-state index contributed by atoms with van der Waals surface area (Å²) in [5.41, 5.74) is 0. The molecule has 19 heavy (non-hydrogen) atoms. The second-order valence-electron chi connectivity index (χ2n) is 4.92. The van der Waals surface area contributed by atoms with E-state index < -0.39 is 18.1 Å². The number of nitrogens with zero attached hydrogens (tertiary/aromatic N) is 2. The van der Waals surface area contributed by atoms with Gasteiger partial charge in [0.15, 0.2) is 0 Å². The van der Waals surface area contributed by atoms with Gasteiger partial charge in [-0.3, -0.25) is 0 Å². The fourth-order valence-corrected chi connectivity index (χ4v) is 2.71. The predicted molar refractivity (Wildman–Crippen MR) is 74.4 cm³/mol. The van der Waals surface area contributed by atoms with Gasteiger partial charge in [-0.05, 0) is 25.4 Å². The van der Waals surface area contributed by atoms with Gasteiger partial charge in [0.25, 0.3) is 0 Å². The number of urea groups is 1. The van der Waals surface area contributed by atoms with E-state index in [1.165, 1.54) is 4.90 Å². The topological polar surface area (TPSA) is 81.1 Å². The van der Waals surface area contributed by atoms with Gasteiger partial charge in [-0.15, -0.1) is 0 Å². The van der Waals surface area contributed by atoms with E-state index in [0.29, 0.717) is 0 Å². The Hall–Kier alpha value is -0.950. The van der Waals surface area contributed by atoms with Crippen LogP contribution in [-0.2, 0) is 4.79 Å². The summed E-state index contributed by atoms with van der Waals surface area (Å²) in [6, 6.07) is -1.19. The van der Waals surface area contributed by atoms with Gasteiger partial charge in [0.1, 0.15) is 6.04 Å². The highest BCUT2D eigenvalue weighted by molar-refractivity contribution is 7.98. The maximum Gasteiger partial charge on any atom is 0.326 e. The summed E-state index contributed by atoms with van der Waals surface area (Å²) in [6.45, 7) is 2.03. The number of hydrogen-bond acceptors (Lipinski definition) is 4. The predicted octanol–water partition coefficient (Wildman–Crippen LogP) is 0.700. The van der Waals surface area contributed by atoms with Crippen molar-refractivity contribution in [3.63, 3.8) is 0 Å². The van der Waals surface area contributed by atoms with Crippen LogP contribution in [0, 0.1) is 0 Å². The number of carbonyl (C=O) groups excluding carboxylic acids is 1. The standard InChI is InChI=1S/C12H22N2O4S/c1-8(4-5-19-3)13(2)12(18)14-7-9(15)6-10(14)11(16)17/h8-10,15H,4-7H2,1-3H3,(H,16,17)/t8?,9-,10-/m1/s1. The second kappa shape index (κ2) is 7.00. The van der Waals surface area contributed by atoms with E-state index in [0.717, 1.165) is 12.2 Å². The summed E-state index contributed by atoms with van der Waals surface area (Å²) in [7, 11) is 1.68. The lowest BCUT2D eigenvalue weighted by atomic mass is 10.2. The Bertz CT molecular complexity index is 340. The molecule has 1 heterocycles. The van der Waals surface area contributed by atoms with Crippen LogP contribution in [0.3, 0.4) is 0 Å². The molecule has 0 aliphatic carbocycles. The molecule has 1 fully saturated rings. The smallest absolute Gasteiger partial charge is 0.326 e. The molecule has 3 atom stereocenters. The third kappa shape index (κ3) is 4.01. The Balaban J connectivity index is 2.67. The van der Waals surface area contributed by atoms with Gasteiger partial charge in [-0.1, -0.05) is 0 Å². The first-order chi connectivity index (χ1) is 8.88. The van der Waals surface area contributed by atoms with Crippen LogP contribution < -0.4 is 0 Å². The van der Waals surface area contributed by atoms with Gasteiger partial charge in [-0.25, -0.2) is 9.59 Å². The summed E-state index contributed by atoms with van der Waals surface area (Å²) in [5.74, 6) is -0.112. The largest absolute Gasteiger partial charge is 0.480 e. The third-order valence-corrected chi connectivity index (χ3v) is 4.16. The minimum absolute atomic E-state index is 0.0483. The molecule has 1 saturated heterocycles. The van der Waals surface area contributed by atoms with E-state index in [9.17, 15) is 14.7 Å². The average Bonchev–Trinajstić information content (AvgIpc) is 2.76. The van der Waals surface area contributed by atoms with Gasteiger partial charge >= 0.3 is 12.0 Å². The van der Waals surface area contributed by atoms with Crippen LogP contribution in [0.4, 0.5) is 4.79 Å². The number of amides is 2. The Kier molecular flexibility index (Phi) is 5.93. The summed E-state index contributed by atoms with van der Waals surface area (Å²) >= 11 is 1.71. The van der Waals surface area contributed by atoms with Crippen molar-refractivity contribution in [3.05, 3.63) is 0 Å².